The van der Waals surface area contributed by atoms with Crippen molar-refractivity contribution in [2.24, 2.45) is 7.05 Å². The van der Waals surface area contributed by atoms with E-state index in [2.05, 4.69) is 21.2 Å². The maximum atomic E-state index is 12.1. The monoisotopic (exact) mass is 307 g/mol. The van der Waals surface area contributed by atoms with Gasteiger partial charge in [0, 0.05) is 22.9 Å². The maximum absolute atomic E-state index is 12.1. The Labute approximate surface area is 114 Å². The summed E-state index contributed by atoms with van der Waals surface area (Å²) in [5.74, 6) is -0.203. The van der Waals surface area contributed by atoms with Crippen molar-refractivity contribution in [2.45, 2.75) is 6.92 Å². The standard InChI is InChI=1S/C13H14BrN3O/c1-8-7-11(15)12(17(8)2)13(18)16-10-5-3-9(14)4-6-10/h3-7H,15H2,1-2H3,(H,16,18). The van der Waals surface area contributed by atoms with Crippen molar-refractivity contribution < 1.29 is 4.79 Å². The predicted molar refractivity (Wildman–Crippen MR) is 76.7 cm³/mol. The van der Waals surface area contributed by atoms with Gasteiger partial charge in [-0.15, -0.1) is 0 Å². The summed E-state index contributed by atoms with van der Waals surface area (Å²) in [6, 6.07) is 9.18. The molecule has 0 aliphatic heterocycles. The van der Waals surface area contributed by atoms with Gasteiger partial charge in [0.25, 0.3) is 5.91 Å². The molecular formula is C13H14BrN3O. The fourth-order valence-electron chi connectivity index (χ4n) is 1.77. The molecule has 1 heterocycles. The highest BCUT2D eigenvalue weighted by atomic mass is 79.9. The van der Waals surface area contributed by atoms with Gasteiger partial charge in [-0.3, -0.25) is 4.79 Å². The highest BCUT2D eigenvalue weighted by Gasteiger charge is 2.15. The first kappa shape index (κ1) is 12.7. The van der Waals surface area contributed by atoms with Crippen molar-refractivity contribution in [3.05, 3.63) is 46.2 Å². The minimum absolute atomic E-state index is 0.203. The van der Waals surface area contributed by atoms with Gasteiger partial charge in [-0.25, -0.2) is 0 Å². The summed E-state index contributed by atoms with van der Waals surface area (Å²) in [6.45, 7) is 1.91. The molecule has 1 aromatic carbocycles. The highest BCUT2D eigenvalue weighted by Crippen LogP contribution is 2.19. The lowest BCUT2D eigenvalue weighted by atomic mass is 10.3. The van der Waals surface area contributed by atoms with Gasteiger partial charge in [-0.1, -0.05) is 15.9 Å². The number of nitrogens with two attached hydrogens (primary N) is 1. The van der Waals surface area contributed by atoms with E-state index in [0.717, 1.165) is 15.9 Å². The van der Waals surface area contributed by atoms with E-state index in [9.17, 15) is 4.79 Å². The molecule has 4 nitrogen and oxygen atoms in total. The molecule has 0 bridgehead atoms. The molecule has 0 saturated carbocycles. The molecule has 18 heavy (non-hydrogen) atoms. The fraction of sp³-hybridized carbons (Fsp3) is 0.154. The van der Waals surface area contributed by atoms with E-state index in [0.29, 0.717) is 11.4 Å². The Morgan fingerprint density at radius 1 is 1.33 bits per heavy atom. The van der Waals surface area contributed by atoms with E-state index in [1.165, 1.54) is 0 Å². The number of hydrogen-bond acceptors (Lipinski definition) is 2. The van der Waals surface area contributed by atoms with Crippen LogP contribution in [0.3, 0.4) is 0 Å². The van der Waals surface area contributed by atoms with Crippen LogP contribution in [0.2, 0.25) is 0 Å². The van der Waals surface area contributed by atoms with E-state index in [1.807, 2.05) is 38.2 Å². The third-order valence-corrected chi connectivity index (χ3v) is 3.35. The average Bonchev–Trinajstić information content (AvgIpc) is 2.56. The molecule has 0 atom stereocenters. The second-order valence-corrected chi connectivity index (χ2v) is 5.03. The maximum Gasteiger partial charge on any atom is 0.274 e. The molecule has 3 N–H and O–H groups in total. The molecule has 0 fully saturated rings. The number of carbonyl (C=O) groups is 1. The minimum atomic E-state index is -0.203. The highest BCUT2D eigenvalue weighted by molar-refractivity contribution is 9.10. The number of anilines is 2. The number of aromatic nitrogens is 1. The fourth-order valence-corrected chi connectivity index (χ4v) is 2.03. The van der Waals surface area contributed by atoms with Gasteiger partial charge in [-0.2, -0.15) is 0 Å². The number of rotatable bonds is 2. The number of hydrogen-bond donors (Lipinski definition) is 2. The van der Waals surface area contributed by atoms with Crippen molar-refractivity contribution >= 4 is 33.2 Å². The topological polar surface area (TPSA) is 60.1 Å². The summed E-state index contributed by atoms with van der Waals surface area (Å²) in [4.78, 5) is 12.1. The van der Waals surface area contributed by atoms with E-state index in [1.54, 1.807) is 10.6 Å². The molecule has 0 radical (unpaired) electrons. The van der Waals surface area contributed by atoms with Crippen molar-refractivity contribution in [3.63, 3.8) is 0 Å². The summed E-state index contributed by atoms with van der Waals surface area (Å²) in [7, 11) is 1.82. The summed E-state index contributed by atoms with van der Waals surface area (Å²) >= 11 is 3.35. The first-order valence-corrected chi connectivity index (χ1v) is 6.27. The largest absolute Gasteiger partial charge is 0.397 e. The van der Waals surface area contributed by atoms with Crippen LogP contribution < -0.4 is 11.1 Å². The molecule has 0 unspecified atom stereocenters. The molecule has 0 aliphatic carbocycles. The summed E-state index contributed by atoms with van der Waals surface area (Å²) in [5, 5.41) is 2.82. The Morgan fingerprint density at radius 3 is 2.44 bits per heavy atom. The summed E-state index contributed by atoms with van der Waals surface area (Å²) < 4.78 is 2.75. The van der Waals surface area contributed by atoms with Crippen LogP contribution in [0.15, 0.2) is 34.8 Å². The Kier molecular flexibility index (Phi) is 3.43. The van der Waals surface area contributed by atoms with Crippen LogP contribution in [0.4, 0.5) is 11.4 Å². The summed E-state index contributed by atoms with van der Waals surface area (Å²) in [5.41, 5.74) is 8.49. The number of amides is 1. The van der Waals surface area contributed by atoms with Gasteiger partial charge in [0.05, 0.1) is 5.69 Å². The first-order chi connectivity index (χ1) is 8.49. The van der Waals surface area contributed by atoms with Crippen LogP contribution >= 0.6 is 15.9 Å². The van der Waals surface area contributed by atoms with Crippen molar-refractivity contribution in [2.75, 3.05) is 11.1 Å². The van der Waals surface area contributed by atoms with Crippen LogP contribution in [0.1, 0.15) is 16.2 Å². The van der Waals surface area contributed by atoms with Crippen LogP contribution in [-0.2, 0) is 7.05 Å². The quantitative estimate of drug-likeness (QED) is 0.896. The molecule has 0 aliphatic rings. The van der Waals surface area contributed by atoms with E-state index < -0.39 is 0 Å². The number of nitrogens with zero attached hydrogens (tertiary/aromatic N) is 1. The average molecular weight is 308 g/mol. The molecule has 0 saturated heterocycles. The molecular weight excluding hydrogens is 294 g/mol. The predicted octanol–water partition coefficient (Wildman–Crippen LogP) is 2.93. The third kappa shape index (κ3) is 2.41. The van der Waals surface area contributed by atoms with Crippen molar-refractivity contribution in [1.29, 1.82) is 0 Å². The second-order valence-electron chi connectivity index (χ2n) is 4.11. The molecule has 5 heteroatoms. The van der Waals surface area contributed by atoms with Gasteiger partial charge in [-0.05, 0) is 37.3 Å². The van der Waals surface area contributed by atoms with Crippen molar-refractivity contribution in [1.82, 2.24) is 4.57 Å². The Morgan fingerprint density at radius 2 is 1.94 bits per heavy atom. The van der Waals surface area contributed by atoms with E-state index in [4.69, 9.17) is 5.73 Å². The second kappa shape index (κ2) is 4.86. The molecule has 1 amide bonds. The van der Waals surface area contributed by atoms with Gasteiger partial charge < -0.3 is 15.6 Å². The number of halogens is 1. The van der Waals surface area contributed by atoms with Crippen molar-refractivity contribution in [3.8, 4) is 0 Å². The zero-order chi connectivity index (χ0) is 13.3. The van der Waals surface area contributed by atoms with E-state index in [-0.39, 0.29) is 5.91 Å². The number of benzene rings is 1. The van der Waals surface area contributed by atoms with E-state index >= 15 is 0 Å². The molecule has 2 aromatic rings. The lowest BCUT2D eigenvalue weighted by Gasteiger charge is -2.08. The van der Waals surface area contributed by atoms with Crippen LogP contribution in [-0.4, -0.2) is 10.5 Å². The number of carbonyl (C=O) groups excluding carboxylic acids is 1. The van der Waals surface area contributed by atoms with Crippen LogP contribution in [0, 0.1) is 6.92 Å². The van der Waals surface area contributed by atoms with Crippen LogP contribution in [0.5, 0.6) is 0 Å². The Bertz CT molecular complexity index is 587. The van der Waals surface area contributed by atoms with Gasteiger partial charge in [0.2, 0.25) is 0 Å². The first-order valence-electron chi connectivity index (χ1n) is 5.47. The minimum Gasteiger partial charge on any atom is -0.397 e. The molecule has 94 valence electrons. The number of aryl methyl sites for hydroxylation is 1. The Hall–Kier alpha value is -1.75. The summed E-state index contributed by atoms with van der Waals surface area (Å²) in [6.07, 6.45) is 0. The lowest BCUT2D eigenvalue weighted by Crippen LogP contribution is -2.17. The number of nitrogens with one attached hydrogen (secondary N) is 1. The number of nitrogen functional groups attached to an aromatic ring is 1. The van der Waals surface area contributed by atoms with Gasteiger partial charge in [0.1, 0.15) is 5.69 Å². The third-order valence-electron chi connectivity index (χ3n) is 2.82. The molecule has 0 spiro atoms. The zero-order valence-electron chi connectivity index (χ0n) is 10.2. The molecule has 1 aromatic heterocycles. The van der Waals surface area contributed by atoms with Crippen LogP contribution in [0.25, 0.3) is 0 Å². The van der Waals surface area contributed by atoms with Gasteiger partial charge >= 0.3 is 0 Å². The normalized spacial score (nSPS) is 10.4. The van der Waals surface area contributed by atoms with Gasteiger partial charge in [0.15, 0.2) is 0 Å². The Balaban J connectivity index is 2.24. The zero-order valence-corrected chi connectivity index (χ0v) is 11.8. The lowest BCUT2D eigenvalue weighted by molar-refractivity contribution is 0.102. The smallest absolute Gasteiger partial charge is 0.274 e. The molecule has 2 rings (SSSR count). The SMILES string of the molecule is Cc1cc(N)c(C(=O)Nc2ccc(Br)cc2)n1C.